The predicted octanol–water partition coefficient (Wildman–Crippen LogP) is 2.50. The lowest BCUT2D eigenvalue weighted by molar-refractivity contribution is 0.246. The highest BCUT2D eigenvalue weighted by atomic mass is 16.5. The maximum absolute atomic E-state index is 5.91. The minimum atomic E-state index is 0.395. The maximum Gasteiger partial charge on any atom is 0.229 e. The van der Waals surface area contributed by atoms with E-state index in [2.05, 4.69) is 32.8 Å². The van der Waals surface area contributed by atoms with Crippen molar-refractivity contribution in [1.82, 2.24) is 15.3 Å². The van der Waals surface area contributed by atoms with Crippen molar-refractivity contribution in [3.05, 3.63) is 30.5 Å². The Morgan fingerprint density at radius 1 is 1.17 bits per heavy atom. The molecule has 0 spiro atoms. The quantitative estimate of drug-likeness (QED) is 0.651. The van der Waals surface area contributed by atoms with Crippen molar-refractivity contribution in [3.8, 4) is 11.5 Å². The van der Waals surface area contributed by atoms with Crippen LogP contribution in [0.25, 0.3) is 0 Å². The summed E-state index contributed by atoms with van der Waals surface area (Å²) in [6.07, 6.45) is 1.70. The van der Waals surface area contributed by atoms with Gasteiger partial charge < -0.3 is 25.4 Å². The lowest BCUT2D eigenvalue weighted by Gasteiger charge is -2.16. The molecule has 24 heavy (non-hydrogen) atoms. The van der Waals surface area contributed by atoms with E-state index in [-0.39, 0.29) is 0 Å². The monoisotopic (exact) mass is 331 g/mol. The topological polar surface area (TPSA) is 80.3 Å². The molecular weight excluding hydrogens is 306 g/mol. The molecule has 1 heterocycles. The highest BCUT2D eigenvalue weighted by molar-refractivity contribution is 5.60. The number of nitrogens with one attached hydrogen (secondary N) is 3. The molecule has 0 saturated carbocycles. The van der Waals surface area contributed by atoms with Crippen molar-refractivity contribution in [1.29, 1.82) is 0 Å². The molecule has 3 N–H and O–H groups in total. The number of ether oxygens (including phenoxy) is 2. The van der Waals surface area contributed by atoms with Gasteiger partial charge in [-0.1, -0.05) is 6.92 Å². The van der Waals surface area contributed by atoms with E-state index in [1.165, 1.54) is 0 Å². The summed E-state index contributed by atoms with van der Waals surface area (Å²) in [5, 5.41) is 9.30. The van der Waals surface area contributed by atoms with Crippen molar-refractivity contribution in [2.45, 2.75) is 6.92 Å². The molecule has 7 nitrogen and oxygen atoms in total. The summed E-state index contributed by atoms with van der Waals surface area (Å²) in [4.78, 5) is 8.55. The van der Waals surface area contributed by atoms with Crippen LogP contribution in [0.5, 0.6) is 11.5 Å². The van der Waals surface area contributed by atoms with Crippen molar-refractivity contribution in [2.75, 3.05) is 45.0 Å². The summed E-state index contributed by atoms with van der Waals surface area (Å²) in [7, 11) is 5.38. The molecule has 0 saturated heterocycles. The Bertz CT molecular complexity index is 651. The summed E-state index contributed by atoms with van der Waals surface area (Å²) in [5.74, 6) is 3.05. The molecular formula is C17H25N5O2. The summed E-state index contributed by atoms with van der Waals surface area (Å²) >= 11 is 0. The van der Waals surface area contributed by atoms with Crippen LogP contribution in [-0.2, 0) is 0 Å². The fourth-order valence-corrected chi connectivity index (χ4v) is 2.19. The molecule has 0 bridgehead atoms. The number of nitrogens with zero attached hydrogens (tertiary/aromatic N) is 2. The summed E-state index contributed by atoms with van der Waals surface area (Å²) in [6.45, 7) is 3.62. The average Bonchev–Trinajstić information content (AvgIpc) is 2.60. The van der Waals surface area contributed by atoms with Crippen LogP contribution in [0.15, 0.2) is 30.5 Å². The van der Waals surface area contributed by atoms with E-state index in [9.17, 15) is 0 Å². The lowest BCUT2D eigenvalue weighted by atomic mass is 10.2. The Labute approximate surface area is 142 Å². The van der Waals surface area contributed by atoms with Crippen molar-refractivity contribution >= 4 is 17.5 Å². The van der Waals surface area contributed by atoms with Gasteiger partial charge >= 0.3 is 0 Å². The largest absolute Gasteiger partial charge is 0.493 e. The fourth-order valence-electron chi connectivity index (χ4n) is 2.19. The molecule has 1 atom stereocenters. The van der Waals surface area contributed by atoms with Crippen molar-refractivity contribution in [3.63, 3.8) is 0 Å². The number of rotatable bonds is 9. The SMILES string of the molecule is CNC[C@@H](C)COc1cc(Nc2nccc(NC)n2)ccc1OC. The van der Waals surface area contributed by atoms with Gasteiger partial charge in [0.15, 0.2) is 11.5 Å². The molecule has 2 rings (SSSR count). The maximum atomic E-state index is 5.91. The first-order valence-corrected chi connectivity index (χ1v) is 7.89. The number of anilines is 3. The number of benzene rings is 1. The Balaban J connectivity index is 2.11. The van der Waals surface area contributed by atoms with Crippen molar-refractivity contribution < 1.29 is 9.47 Å². The molecule has 0 amide bonds. The van der Waals surface area contributed by atoms with E-state index in [1.54, 1.807) is 19.4 Å². The van der Waals surface area contributed by atoms with E-state index < -0.39 is 0 Å². The standard InChI is InChI=1S/C17H25N5O2/c1-12(10-18-2)11-24-15-9-13(5-6-14(15)23-4)21-17-20-8-7-16(19-3)22-17/h5-9,12,18H,10-11H2,1-4H3,(H2,19,20,21,22)/t12-/m1/s1. The fraction of sp³-hybridized carbons (Fsp3) is 0.412. The Morgan fingerprint density at radius 2 is 2.00 bits per heavy atom. The molecule has 0 fully saturated rings. The first kappa shape index (κ1) is 17.8. The van der Waals surface area contributed by atoms with E-state index >= 15 is 0 Å². The number of hydrogen-bond acceptors (Lipinski definition) is 7. The number of aromatic nitrogens is 2. The second kappa shape index (κ2) is 8.93. The zero-order valence-corrected chi connectivity index (χ0v) is 14.6. The van der Waals surface area contributed by atoms with Gasteiger partial charge in [-0.05, 0) is 25.2 Å². The van der Waals surface area contributed by atoms with E-state index in [0.717, 1.165) is 18.1 Å². The molecule has 130 valence electrons. The molecule has 0 aliphatic heterocycles. The lowest BCUT2D eigenvalue weighted by Crippen LogP contribution is -2.21. The Kier molecular flexibility index (Phi) is 6.62. The molecule has 0 unspecified atom stereocenters. The third kappa shape index (κ3) is 4.99. The van der Waals surface area contributed by atoms with E-state index in [1.807, 2.05) is 32.3 Å². The van der Waals surface area contributed by atoms with Gasteiger partial charge in [0.25, 0.3) is 0 Å². The van der Waals surface area contributed by atoms with Crippen LogP contribution in [0, 0.1) is 5.92 Å². The third-order valence-corrected chi connectivity index (χ3v) is 3.41. The predicted molar refractivity (Wildman–Crippen MR) is 96.4 cm³/mol. The minimum Gasteiger partial charge on any atom is -0.493 e. The van der Waals surface area contributed by atoms with Crippen LogP contribution in [0.2, 0.25) is 0 Å². The minimum absolute atomic E-state index is 0.395. The van der Waals surface area contributed by atoms with Crippen LogP contribution in [0.3, 0.4) is 0 Å². The van der Waals surface area contributed by atoms with Gasteiger partial charge in [0.2, 0.25) is 5.95 Å². The summed E-state index contributed by atoms with van der Waals surface area (Å²) in [6, 6.07) is 7.46. The van der Waals surface area contributed by atoms with Gasteiger partial charge in [0.05, 0.1) is 13.7 Å². The van der Waals surface area contributed by atoms with Gasteiger partial charge in [-0.25, -0.2) is 4.98 Å². The van der Waals surface area contributed by atoms with E-state index in [0.29, 0.717) is 30.0 Å². The summed E-state index contributed by atoms with van der Waals surface area (Å²) in [5.41, 5.74) is 0.834. The van der Waals surface area contributed by atoms with Gasteiger partial charge in [-0.15, -0.1) is 0 Å². The van der Waals surface area contributed by atoms with Crippen LogP contribution in [0.4, 0.5) is 17.5 Å². The van der Waals surface area contributed by atoms with Crippen LogP contribution in [0.1, 0.15) is 6.92 Å². The normalized spacial score (nSPS) is 11.7. The Hall–Kier alpha value is -2.54. The molecule has 0 aliphatic rings. The summed E-state index contributed by atoms with van der Waals surface area (Å²) < 4.78 is 11.3. The Morgan fingerprint density at radius 3 is 2.71 bits per heavy atom. The molecule has 1 aromatic carbocycles. The zero-order valence-electron chi connectivity index (χ0n) is 14.6. The van der Waals surface area contributed by atoms with Gasteiger partial charge in [0.1, 0.15) is 5.82 Å². The smallest absolute Gasteiger partial charge is 0.229 e. The highest BCUT2D eigenvalue weighted by Gasteiger charge is 2.09. The number of hydrogen-bond donors (Lipinski definition) is 3. The molecule has 1 aromatic heterocycles. The zero-order chi connectivity index (χ0) is 17.4. The highest BCUT2D eigenvalue weighted by Crippen LogP contribution is 2.31. The average molecular weight is 331 g/mol. The molecule has 7 heteroatoms. The van der Waals surface area contributed by atoms with Crippen LogP contribution in [-0.4, -0.2) is 44.3 Å². The van der Waals surface area contributed by atoms with E-state index in [4.69, 9.17) is 9.47 Å². The second-order valence-corrected chi connectivity index (χ2v) is 5.48. The van der Waals surface area contributed by atoms with Crippen LogP contribution >= 0.6 is 0 Å². The molecule has 2 aromatic rings. The number of methoxy groups -OCH3 is 1. The first-order valence-electron chi connectivity index (χ1n) is 7.89. The molecule has 0 aliphatic carbocycles. The van der Waals surface area contributed by atoms with Gasteiger partial charge in [-0.2, -0.15) is 4.98 Å². The third-order valence-electron chi connectivity index (χ3n) is 3.41. The van der Waals surface area contributed by atoms with Crippen molar-refractivity contribution in [2.24, 2.45) is 5.92 Å². The molecule has 0 radical (unpaired) electrons. The second-order valence-electron chi connectivity index (χ2n) is 5.48. The van der Waals surface area contributed by atoms with Gasteiger partial charge in [0, 0.05) is 37.5 Å². The van der Waals surface area contributed by atoms with Gasteiger partial charge in [-0.3, -0.25) is 0 Å². The van der Waals surface area contributed by atoms with Crippen LogP contribution < -0.4 is 25.4 Å². The first-order chi connectivity index (χ1) is 11.7.